The largest absolute Gasteiger partial charge is 0.467 e. The monoisotopic (exact) mass is 236 g/mol. The van der Waals surface area contributed by atoms with Gasteiger partial charge in [-0.2, -0.15) is 10.2 Å². The molecular formula is C8H10Cl2N2O2. The Morgan fingerprint density at radius 1 is 1.36 bits per heavy atom. The lowest BCUT2D eigenvalue weighted by Crippen LogP contribution is -2.35. The quantitative estimate of drug-likeness (QED) is 0.517. The summed E-state index contributed by atoms with van der Waals surface area (Å²) in [5.41, 5.74) is -1.47. The van der Waals surface area contributed by atoms with Crippen LogP contribution in [0.4, 0.5) is 0 Å². The van der Waals surface area contributed by atoms with Crippen molar-refractivity contribution in [2.24, 2.45) is 10.2 Å². The summed E-state index contributed by atoms with van der Waals surface area (Å²) in [5.74, 6) is -0.394. The number of methoxy groups -OCH3 is 1. The fraction of sp³-hybridized carbons (Fsp3) is 0.875. The van der Waals surface area contributed by atoms with Gasteiger partial charge < -0.3 is 4.74 Å². The van der Waals surface area contributed by atoms with Crippen LogP contribution in [-0.4, -0.2) is 28.5 Å². The van der Waals surface area contributed by atoms with E-state index in [1.165, 1.54) is 7.11 Å². The van der Waals surface area contributed by atoms with Crippen molar-refractivity contribution >= 4 is 29.2 Å². The van der Waals surface area contributed by atoms with Crippen LogP contribution in [0.3, 0.4) is 0 Å². The Balaban J connectivity index is 2.18. The molecule has 6 heteroatoms. The number of rotatable bonds is 1. The third-order valence-corrected chi connectivity index (χ3v) is 3.77. The summed E-state index contributed by atoms with van der Waals surface area (Å²) >= 11 is 11.9. The number of halogens is 2. The van der Waals surface area contributed by atoms with E-state index in [4.69, 9.17) is 23.2 Å². The molecule has 0 aromatic heterocycles. The third kappa shape index (κ3) is 1.17. The molecule has 0 aromatic rings. The van der Waals surface area contributed by atoms with Crippen molar-refractivity contribution in [3.05, 3.63) is 0 Å². The van der Waals surface area contributed by atoms with Gasteiger partial charge >= 0.3 is 5.97 Å². The van der Waals surface area contributed by atoms with Crippen LogP contribution in [0.25, 0.3) is 0 Å². The second-order valence-corrected chi connectivity index (χ2v) is 5.54. The van der Waals surface area contributed by atoms with Gasteiger partial charge in [0.1, 0.15) is 9.87 Å². The Hall–Kier alpha value is -0.350. The molecule has 0 radical (unpaired) electrons. The first kappa shape index (κ1) is 10.2. The first-order chi connectivity index (χ1) is 6.35. The molecule has 2 rings (SSSR count). The van der Waals surface area contributed by atoms with Crippen molar-refractivity contribution in [2.75, 3.05) is 7.11 Å². The molecule has 4 nitrogen and oxygen atoms in total. The van der Waals surface area contributed by atoms with Gasteiger partial charge in [-0.15, -0.1) is 0 Å². The van der Waals surface area contributed by atoms with E-state index in [-0.39, 0.29) is 0 Å². The molecule has 1 heterocycles. The van der Waals surface area contributed by atoms with Gasteiger partial charge in [-0.05, 0) is 6.92 Å². The minimum Gasteiger partial charge on any atom is -0.467 e. The summed E-state index contributed by atoms with van der Waals surface area (Å²) in [6.07, 6.45) is 0.985. The number of azo groups is 1. The molecule has 1 fully saturated rings. The molecule has 1 aliphatic heterocycles. The molecule has 2 atom stereocenters. The normalized spacial score (nSPS) is 42.9. The number of hydrogen-bond acceptors (Lipinski definition) is 4. The van der Waals surface area contributed by atoms with Crippen LogP contribution in [0.2, 0.25) is 0 Å². The van der Waals surface area contributed by atoms with E-state index in [0.29, 0.717) is 12.8 Å². The maximum atomic E-state index is 11.4. The Kier molecular flexibility index (Phi) is 1.90. The van der Waals surface area contributed by atoms with Crippen LogP contribution in [0, 0.1) is 0 Å². The summed E-state index contributed by atoms with van der Waals surface area (Å²) in [6.45, 7) is 1.68. The van der Waals surface area contributed by atoms with Crippen molar-refractivity contribution in [3.8, 4) is 0 Å². The van der Waals surface area contributed by atoms with E-state index < -0.39 is 21.4 Å². The van der Waals surface area contributed by atoms with Crippen LogP contribution in [-0.2, 0) is 9.53 Å². The molecule has 0 unspecified atom stereocenters. The fourth-order valence-corrected chi connectivity index (χ4v) is 2.45. The molecule has 78 valence electrons. The number of nitrogens with zero attached hydrogens (tertiary/aromatic N) is 2. The molecule has 0 bridgehead atoms. The Morgan fingerprint density at radius 2 is 1.93 bits per heavy atom. The van der Waals surface area contributed by atoms with Crippen molar-refractivity contribution in [3.63, 3.8) is 0 Å². The van der Waals surface area contributed by atoms with E-state index in [2.05, 4.69) is 15.0 Å². The van der Waals surface area contributed by atoms with Crippen LogP contribution in [0.1, 0.15) is 19.8 Å². The highest BCUT2D eigenvalue weighted by atomic mass is 35.5. The molecule has 0 amide bonds. The Morgan fingerprint density at radius 3 is 2.29 bits per heavy atom. The van der Waals surface area contributed by atoms with E-state index in [9.17, 15) is 4.79 Å². The van der Waals surface area contributed by atoms with E-state index in [0.717, 1.165) is 0 Å². The standard InChI is InChI=1S/C8H10Cl2N2O2/c1-6(5(13)14-2)3-7(12-11-6)4-8(7,9)10/h3-4H2,1-2H3/t6-,7+/m0/s1. The maximum Gasteiger partial charge on any atom is 0.335 e. The highest BCUT2D eigenvalue weighted by molar-refractivity contribution is 6.52. The summed E-state index contributed by atoms with van der Waals surface area (Å²) in [6, 6.07) is 0. The van der Waals surface area contributed by atoms with E-state index in [1.807, 2.05) is 0 Å². The van der Waals surface area contributed by atoms with E-state index in [1.54, 1.807) is 6.92 Å². The van der Waals surface area contributed by atoms with Crippen LogP contribution < -0.4 is 0 Å². The first-order valence-corrected chi connectivity index (χ1v) is 5.01. The van der Waals surface area contributed by atoms with Crippen molar-refractivity contribution in [1.82, 2.24) is 0 Å². The lowest BCUT2D eigenvalue weighted by molar-refractivity contribution is -0.146. The topological polar surface area (TPSA) is 51.0 Å². The molecule has 1 spiro atoms. The van der Waals surface area contributed by atoms with Gasteiger partial charge in [-0.1, -0.05) is 23.2 Å². The second kappa shape index (κ2) is 2.61. The predicted molar refractivity (Wildman–Crippen MR) is 51.7 cm³/mol. The molecule has 0 N–H and O–H groups in total. The van der Waals surface area contributed by atoms with Crippen LogP contribution in [0.15, 0.2) is 10.2 Å². The van der Waals surface area contributed by atoms with Gasteiger partial charge in [-0.3, -0.25) is 0 Å². The van der Waals surface area contributed by atoms with Gasteiger partial charge in [0.25, 0.3) is 0 Å². The van der Waals surface area contributed by atoms with Gasteiger partial charge in [0.15, 0.2) is 5.54 Å². The lowest BCUT2D eigenvalue weighted by atomic mass is 9.95. The summed E-state index contributed by atoms with van der Waals surface area (Å²) in [7, 11) is 1.33. The minimum absolute atomic E-state index is 0.394. The zero-order chi connectivity index (χ0) is 10.6. The van der Waals surface area contributed by atoms with Gasteiger partial charge in [0, 0.05) is 12.8 Å². The maximum absolute atomic E-state index is 11.4. The number of carbonyl (C=O) groups is 1. The highest BCUT2D eigenvalue weighted by Crippen LogP contribution is 2.65. The van der Waals surface area contributed by atoms with Crippen molar-refractivity contribution in [2.45, 2.75) is 35.2 Å². The summed E-state index contributed by atoms with van der Waals surface area (Å²) < 4.78 is 3.79. The molecule has 1 saturated carbocycles. The average molecular weight is 237 g/mol. The smallest absolute Gasteiger partial charge is 0.335 e. The molecule has 1 aliphatic carbocycles. The van der Waals surface area contributed by atoms with Crippen LogP contribution >= 0.6 is 23.2 Å². The molecular weight excluding hydrogens is 227 g/mol. The van der Waals surface area contributed by atoms with Crippen LogP contribution in [0.5, 0.6) is 0 Å². The fourth-order valence-electron chi connectivity index (χ4n) is 1.80. The number of hydrogen-bond donors (Lipinski definition) is 0. The zero-order valence-corrected chi connectivity index (χ0v) is 9.39. The SMILES string of the molecule is COC(=O)[C@]1(C)C[C@]2(CC2(Cl)Cl)N=N1. The molecule has 14 heavy (non-hydrogen) atoms. The highest BCUT2D eigenvalue weighted by Gasteiger charge is 2.72. The number of alkyl halides is 2. The molecule has 2 aliphatic rings. The van der Waals surface area contributed by atoms with Crippen molar-refractivity contribution in [1.29, 1.82) is 0 Å². The Labute approximate surface area is 91.6 Å². The van der Waals surface area contributed by atoms with Crippen molar-refractivity contribution < 1.29 is 9.53 Å². The van der Waals surface area contributed by atoms with Gasteiger partial charge in [-0.25, -0.2) is 4.79 Å². The molecule has 0 saturated heterocycles. The number of ether oxygens (including phenoxy) is 1. The minimum atomic E-state index is -0.916. The average Bonchev–Trinajstić information content (AvgIpc) is 2.44. The number of carbonyl (C=O) groups excluding carboxylic acids is 1. The Bertz CT molecular complexity index is 331. The first-order valence-electron chi connectivity index (χ1n) is 4.26. The third-order valence-electron chi connectivity index (χ3n) is 2.79. The van der Waals surface area contributed by atoms with Gasteiger partial charge in [0.05, 0.1) is 7.11 Å². The summed E-state index contributed by atoms with van der Waals surface area (Å²) in [4.78, 5) is 11.4. The lowest BCUT2D eigenvalue weighted by Gasteiger charge is -2.16. The van der Waals surface area contributed by atoms with Gasteiger partial charge in [0.2, 0.25) is 0 Å². The predicted octanol–water partition coefficient (Wildman–Crippen LogP) is 2.09. The van der Waals surface area contributed by atoms with E-state index >= 15 is 0 Å². The number of esters is 1. The summed E-state index contributed by atoms with van der Waals surface area (Å²) in [5, 5.41) is 7.95. The zero-order valence-electron chi connectivity index (χ0n) is 7.88. The molecule has 0 aromatic carbocycles. The second-order valence-electron chi connectivity index (χ2n) is 4.06.